The number of pyridine rings is 1. The highest BCUT2D eigenvalue weighted by molar-refractivity contribution is 6.17. The molecule has 2 heterocycles. The molecule has 5 nitrogen and oxygen atoms in total. The van der Waals surface area contributed by atoms with E-state index in [1.165, 1.54) is 4.90 Å². The number of aliphatic hydroxyl groups is 1. The number of hydrogen-bond donors (Lipinski definition) is 1. The monoisotopic (exact) mass is 336 g/mol. The minimum atomic E-state index is -0.683. The van der Waals surface area contributed by atoms with Crippen LogP contribution < -0.4 is 4.90 Å². The molecule has 1 aromatic heterocycles. The lowest BCUT2D eigenvalue weighted by Gasteiger charge is -2.28. The number of carbonyl (C=O) groups excluding carboxylic acids is 2. The van der Waals surface area contributed by atoms with Gasteiger partial charge in [0.05, 0.1) is 11.6 Å². The van der Waals surface area contributed by atoms with E-state index < -0.39 is 17.7 Å². The molecule has 0 bridgehead atoms. The molecule has 1 unspecified atom stereocenters. The van der Waals surface area contributed by atoms with Gasteiger partial charge < -0.3 is 5.11 Å². The van der Waals surface area contributed by atoms with E-state index in [0.717, 1.165) is 5.56 Å². The van der Waals surface area contributed by atoms with E-state index in [-0.39, 0.29) is 17.3 Å². The summed E-state index contributed by atoms with van der Waals surface area (Å²) in [6, 6.07) is 10.3. The minimum absolute atomic E-state index is 0.135. The first kappa shape index (κ1) is 16.9. The van der Waals surface area contributed by atoms with Gasteiger partial charge in [0.25, 0.3) is 5.91 Å². The van der Waals surface area contributed by atoms with Crippen molar-refractivity contribution in [3.63, 3.8) is 0 Å². The first-order valence-corrected chi connectivity index (χ1v) is 8.20. The van der Waals surface area contributed by atoms with Gasteiger partial charge in [-0.3, -0.25) is 19.5 Å². The summed E-state index contributed by atoms with van der Waals surface area (Å²) >= 11 is 0. The summed E-state index contributed by atoms with van der Waals surface area (Å²) in [5.74, 6) is -1.61. The van der Waals surface area contributed by atoms with Crippen molar-refractivity contribution >= 4 is 17.4 Å². The smallest absolute Gasteiger partial charge is 0.294 e. The molecule has 25 heavy (non-hydrogen) atoms. The molecule has 1 aromatic carbocycles. The van der Waals surface area contributed by atoms with Crippen molar-refractivity contribution < 1.29 is 14.7 Å². The Hall–Kier alpha value is -2.95. The fourth-order valence-corrected chi connectivity index (χ4v) is 3.10. The third kappa shape index (κ3) is 2.82. The summed E-state index contributed by atoms with van der Waals surface area (Å²) in [5, 5.41) is 10.5. The molecule has 2 aromatic rings. The Bertz CT molecular complexity index is 856. The van der Waals surface area contributed by atoms with Gasteiger partial charge in [-0.05, 0) is 30.2 Å². The number of anilines is 1. The van der Waals surface area contributed by atoms with Crippen molar-refractivity contribution in [3.8, 4) is 0 Å². The molecule has 1 atom stereocenters. The molecule has 1 amide bonds. The maximum Gasteiger partial charge on any atom is 0.294 e. The molecule has 1 N–H and O–H groups in total. The summed E-state index contributed by atoms with van der Waals surface area (Å²) in [7, 11) is 0. The van der Waals surface area contributed by atoms with E-state index in [1.54, 1.807) is 32.3 Å². The highest BCUT2D eigenvalue weighted by atomic mass is 16.3. The molecule has 128 valence electrons. The first-order valence-electron chi connectivity index (χ1n) is 8.20. The molecule has 1 aliphatic heterocycles. The van der Waals surface area contributed by atoms with Gasteiger partial charge in [-0.1, -0.05) is 38.1 Å². The second-order valence-electron chi connectivity index (χ2n) is 6.43. The van der Waals surface area contributed by atoms with E-state index in [1.807, 2.05) is 37.3 Å². The number of hydrogen-bond acceptors (Lipinski definition) is 4. The number of Topliss-reactive ketones (excluding diaryl/α,β-unsaturated/α-hetero) is 1. The molecule has 0 saturated heterocycles. The minimum Gasteiger partial charge on any atom is -0.503 e. The number of nitrogens with zero attached hydrogens (tertiary/aromatic N) is 2. The zero-order valence-corrected chi connectivity index (χ0v) is 14.4. The highest BCUT2D eigenvalue weighted by Gasteiger charge is 2.45. The number of benzene rings is 1. The number of para-hydroxylation sites is 1. The van der Waals surface area contributed by atoms with Crippen LogP contribution in [0.1, 0.15) is 31.0 Å². The van der Waals surface area contributed by atoms with Crippen LogP contribution in [0.5, 0.6) is 0 Å². The Balaban J connectivity index is 2.21. The van der Waals surface area contributed by atoms with Crippen molar-refractivity contribution in [1.82, 2.24) is 4.98 Å². The number of ketones is 1. The predicted molar refractivity (Wildman–Crippen MR) is 95.1 cm³/mol. The lowest BCUT2D eigenvalue weighted by molar-refractivity contribution is -0.119. The third-order valence-corrected chi connectivity index (χ3v) is 4.37. The van der Waals surface area contributed by atoms with Gasteiger partial charge in [-0.2, -0.15) is 0 Å². The van der Waals surface area contributed by atoms with Crippen LogP contribution >= 0.6 is 0 Å². The zero-order chi connectivity index (χ0) is 18.1. The van der Waals surface area contributed by atoms with Crippen LogP contribution in [-0.2, 0) is 9.59 Å². The number of carbonyl (C=O) groups is 2. The summed E-state index contributed by atoms with van der Waals surface area (Å²) < 4.78 is 0. The Morgan fingerprint density at radius 1 is 1.20 bits per heavy atom. The number of amides is 1. The second-order valence-corrected chi connectivity index (χ2v) is 6.43. The fraction of sp³-hybridized carbons (Fsp3) is 0.250. The van der Waals surface area contributed by atoms with E-state index in [4.69, 9.17) is 0 Å². The van der Waals surface area contributed by atoms with Crippen LogP contribution in [0.4, 0.5) is 5.69 Å². The Labute approximate surface area is 146 Å². The molecule has 0 saturated carbocycles. The summed E-state index contributed by atoms with van der Waals surface area (Å²) in [6.45, 7) is 5.40. The van der Waals surface area contributed by atoms with Crippen molar-refractivity contribution in [3.05, 3.63) is 71.3 Å². The van der Waals surface area contributed by atoms with Gasteiger partial charge in [0.15, 0.2) is 11.5 Å². The Morgan fingerprint density at radius 2 is 1.92 bits per heavy atom. The highest BCUT2D eigenvalue weighted by Crippen LogP contribution is 2.42. The van der Waals surface area contributed by atoms with Crippen LogP contribution in [0.15, 0.2) is 60.1 Å². The second kappa shape index (κ2) is 6.51. The van der Waals surface area contributed by atoms with Crippen LogP contribution in [0.25, 0.3) is 0 Å². The van der Waals surface area contributed by atoms with E-state index in [2.05, 4.69) is 4.98 Å². The molecular weight excluding hydrogens is 316 g/mol. The zero-order valence-electron chi connectivity index (χ0n) is 14.4. The largest absolute Gasteiger partial charge is 0.503 e. The lowest BCUT2D eigenvalue weighted by atomic mass is 9.91. The van der Waals surface area contributed by atoms with Crippen LogP contribution in [-0.4, -0.2) is 21.8 Å². The lowest BCUT2D eigenvalue weighted by Crippen LogP contribution is -2.32. The normalized spacial score (nSPS) is 17.5. The van der Waals surface area contributed by atoms with Gasteiger partial charge in [0.1, 0.15) is 0 Å². The van der Waals surface area contributed by atoms with Crippen molar-refractivity contribution in [2.75, 3.05) is 4.90 Å². The number of aromatic nitrogens is 1. The molecule has 0 aliphatic carbocycles. The van der Waals surface area contributed by atoms with Crippen LogP contribution in [0.2, 0.25) is 0 Å². The van der Waals surface area contributed by atoms with E-state index >= 15 is 0 Å². The quantitative estimate of drug-likeness (QED) is 0.927. The van der Waals surface area contributed by atoms with Crippen molar-refractivity contribution in [2.24, 2.45) is 5.92 Å². The first-order chi connectivity index (χ1) is 11.9. The maximum absolute atomic E-state index is 12.8. The SMILES string of the molecule is Cc1ccccc1N1C(=O)C(O)=C(C(=O)C(C)C)C1c1cccnc1. The third-order valence-electron chi connectivity index (χ3n) is 4.37. The molecule has 3 rings (SSSR count). The summed E-state index contributed by atoms with van der Waals surface area (Å²) in [5.41, 5.74) is 2.37. The van der Waals surface area contributed by atoms with Gasteiger partial charge in [-0.25, -0.2) is 0 Å². The molecule has 1 aliphatic rings. The molecular formula is C20H20N2O3. The van der Waals surface area contributed by atoms with Gasteiger partial charge in [-0.15, -0.1) is 0 Å². The van der Waals surface area contributed by atoms with Gasteiger partial charge in [0, 0.05) is 24.0 Å². The van der Waals surface area contributed by atoms with E-state index in [0.29, 0.717) is 11.3 Å². The number of rotatable bonds is 4. The molecule has 0 radical (unpaired) electrons. The standard InChI is InChI=1S/C20H20N2O3/c1-12(2)18(23)16-17(14-8-6-10-21-11-14)22(20(25)19(16)24)15-9-5-4-7-13(15)3/h4-12,17,24H,1-3H3. The van der Waals surface area contributed by atoms with Crippen molar-refractivity contribution in [2.45, 2.75) is 26.8 Å². The van der Waals surface area contributed by atoms with Gasteiger partial charge >= 0.3 is 0 Å². The number of aliphatic hydroxyl groups excluding tert-OH is 1. The maximum atomic E-state index is 12.8. The fourth-order valence-electron chi connectivity index (χ4n) is 3.10. The summed E-state index contributed by atoms with van der Waals surface area (Å²) in [4.78, 5) is 31.2. The molecule has 0 spiro atoms. The predicted octanol–water partition coefficient (Wildman–Crippen LogP) is 3.52. The van der Waals surface area contributed by atoms with Crippen LogP contribution in [0.3, 0.4) is 0 Å². The summed E-state index contributed by atoms with van der Waals surface area (Å²) in [6.07, 6.45) is 3.25. The average molecular weight is 336 g/mol. The molecule has 5 heteroatoms. The average Bonchev–Trinajstić information content (AvgIpc) is 2.87. The Morgan fingerprint density at radius 3 is 2.52 bits per heavy atom. The van der Waals surface area contributed by atoms with E-state index in [9.17, 15) is 14.7 Å². The Kier molecular flexibility index (Phi) is 4.40. The molecule has 0 fully saturated rings. The van der Waals surface area contributed by atoms with Crippen LogP contribution in [0, 0.1) is 12.8 Å². The topological polar surface area (TPSA) is 70.5 Å². The van der Waals surface area contributed by atoms with Crippen molar-refractivity contribution in [1.29, 1.82) is 0 Å². The van der Waals surface area contributed by atoms with Gasteiger partial charge in [0.2, 0.25) is 0 Å². The number of aryl methyl sites for hydroxylation is 1.